The molecule has 0 unspecified atom stereocenters. The minimum absolute atomic E-state index is 0.206. The van der Waals surface area contributed by atoms with Gasteiger partial charge in [0.15, 0.2) is 0 Å². The summed E-state index contributed by atoms with van der Waals surface area (Å²) in [5.41, 5.74) is 2.29. The second-order valence-corrected chi connectivity index (χ2v) is 6.17. The number of anilines is 1. The zero-order chi connectivity index (χ0) is 19.3. The summed E-state index contributed by atoms with van der Waals surface area (Å²) >= 11 is 0. The van der Waals surface area contributed by atoms with Gasteiger partial charge < -0.3 is 10.1 Å². The number of carbonyl (C=O) groups is 1. The maximum absolute atomic E-state index is 12.8. The first-order valence-electron chi connectivity index (χ1n) is 8.81. The predicted molar refractivity (Wildman–Crippen MR) is 110 cm³/mol. The fourth-order valence-corrected chi connectivity index (χ4v) is 2.94. The van der Waals surface area contributed by atoms with Crippen molar-refractivity contribution in [2.45, 2.75) is 0 Å². The van der Waals surface area contributed by atoms with Gasteiger partial charge in [-0.25, -0.2) is 0 Å². The van der Waals surface area contributed by atoms with Crippen molar-refractivity contribution >= 4 is 22.5 Å². The Morgan fingerprint density at radius 1 is 1.00 bits per heavy atom. The third-order valence-corrected chi connectivity index (χ3v) is 4.37. The van der Waals surface area contributed by atoms with E-state index in [0.717, 1.165) is 22.2 Å². The van der Waals surface area contributed by atoms with Crippen LogP contribution in [-0.2, 0) is 4.79 Å². The molecule has 5 radical (unpaired) electrons. The average molecular weight is 365 g/mol. The highest BCUT2D eigenvalue weighted by Crippen LogP contribution is 2.34. The van der Waals surface area contributed by atoms with Crippen LogP contribution in [0.4, 0.5) is 5.69 Å². The molecule has 1 aliphatic carbocycles. The monoisotopic (exact) mass is 365 g/mol. The molecule has 0 spiro atoms. The van der Waals surface area contributed by atoms with E-state index in [1.807, 2.05) is 67.4 Å². The molecule has 1 heterocycles. The molecule has 1 aliphatic rings. The molecule has 1 saturated carbocycles. The summed E-state index contributed by atoms with van der Waals surface area (Å²) in [5, 5.41) is 3.93. The van der Waals surface area contributed by atoms with Crippen LogP contribution in [-0.4, -0.2) is 18.0 Å². The zero-order valence-corrected chi connectivity index (χ0v) is 15.3. The number of aromatic nitrogens is 1. The van der Waals surface area contributed by atoms with Gasteiger partial charge in [-0.15, -0.1) is 0 Å². The van der Waals surface area contributed by atoms with Crippen molar-refractivity contribution in [2.75, 3.05) is 12.4 Å². The number of rotatable bonds is 3. The van der Waals surface area contributed by atoms with E-state index in [1.165, 1.54) is 0 Å². The average Bonchev–Trinajstić information content (AvgIpc) is 3.22. The van der Waals surface area contributed by atoms with Crippen molar-refractivity contribution in [3.05, 3.63) is 97.5 Å². The van der Waals surface area contributed by atoms with Crippen molar-refractivity contribution in [3.63, 3.8) is 0 Å². The summed E-state index contributed by atoms with van der Waals surface area (Å²) in [5.74, 6) is 7.96. The molecule has 0 aliphatic heterocycles. The van der Waals surface area contributed by atoms with Gasteiger partial charge in [-0.1, -0.05) is 30.0 Å². The number of carbonyl (C=O) groups excluding carboxylic acids is 1. The molecule has 1 fully saturated rings. The summed E-state index contributed by atoms with van der Waals surface area (Å²) < 4.78 is 5.15. The van der Waals surface area contributed by atoms with Gasteiger partial charge in [0.2, 0.25) is 5.91 Å². The number of hydrogen-bond acceptors (Lipinski definition) is 3. The number of fused-ring (bicyclic) bond motifs is 1. The lowest BCUT2D eigenvalue weighted by molar-refractivity contribution is -0.114. The lowest BCUT2D eigenvalue weighted by Gasteiger charge is -2.14. The Balaban J connectivity index is 1.50. The Labute approximate surface area is 164 Å². The van der Waals surface area contributed by atoms with Crippen molar-refractivity contribution in [1.29, 1.82) is 0 Å². The van der Waals surface area contributed by atoms with E-state index in [0.29, 0.717) is 17.5 Å². The van der Waals surface area contributed by atoms with Gasteiger partial charge in [-0.05, 0) is 55.7 Å². The first-order valence-corrected chi connectivity index (χ1v) is 8.81. The number of hydrogen-bond donors (Lipinski definition) is 1. The number of nitrogens with zero attached hydrogens (tertiary/aromatic N) is 1. The molecule has 0 bridgehead atoms. The first-order chi connectivity index (χ1) is 13.7. The number of methoxy groups -OCH3 is 1. The molecule has 0 atom stereocenters. The number of pyridine rings is 1. The fraction of sp³-hybridized carbons (Fsp3) is 0.0417. The Hall–Kier alpha value is -3.32. The molecule has 0 saturated heterocycles. The molecule has 2 aromatic carbocycles. The Bertz CT molecular complexity index is 1040. The van der Waals surface area contributed by atoms with Crippen molar-refractivity contribution < 1.29 is 9.53 Å². The molecule has 1 N–H and O–H groups in total. The van der Waals surface area contributed by atoms with E-state index in [2.05, 4.69) is 22.1 Å². The molecule has 1 aromatic heterocycles. The second-order valence-electron chi connectivity index (χ2n) is 6.17. The minimum atomic E-state index is -0.206. The fourth-order valence-electron chi connectivity index (χ4n) is 2.94. The minimum Gasteiger partial charge on any atom is -0.497 e. The van der Waals surface area contributed by atoms with Gasteiger partial charge in [0.25, 0.3) is 0 Å². The number of para-hydroxylation sites is 1. The summed E-state index contributed by atoms with van der Waals surface area (Å²) in [6.07, 6.45) is 7.15. The lowest BCUT2D eigenvalue weighted by Crippen LogP contribution is -2.23. The Morgan fingerprint density at radius 3 is 2.64 bits per heavy atom. The zero-order valence-electron chi connectivity index (χ0n) is 15.3. The number of nitrogens with one attached hydrogen (secondary N) is 1. The third kappa shape index (κ3) is 3.84. The van der Waals surface area contributed by atoms with Crippen LogP contribution < -0.4 is 10.1 Å². The predicted octanol–water partition coefficient (Wildman–Crippen LogP) is 4.01. The standard InChI is InChI=1S/C24H17N2O2/c1-28-20-14-11-17(12-15-20)10-13-18-5-2-8-21(18)24(27)26-22-9-3-6-19-7-4-16-25-23(19)22/h2-9,11-12,14-16H,1H3,(H,26,27). The number of amides is 1. The van der Waals surface area contributed by atoms with Gasteiger partial charge >= 0.3 is 0 Å². The van der Waals surface area contributed by atoms with Crippen LogP contribution in [0, 0.1) is 42.9 Å². The Kier molecular flexibility index (Phi) is 5.25. The van der Waals surface area contributed by atoms with Crippen LogP contribution in [0.2, 0.25) is 0 Å². The van der Waals surface area contributed by atoms with Crippen molar-refractivity contribution in [1.82, 2.24) is 4.98 Å². The van der Waals surface area contributed by atoms with Crippen LogP contribution in [0.15, 0.2) is 60.8 Å². The smallest absolute Gasteiger partial charge is 0.233 e. The van der Waals surface area contributed by atoms with Gasteiger partial charge in [-0.3, -0.25) is 9.78 Å². The highest BCUT2D eigenvalue weighted by molar-refractivity contribution is 6.10. The molecule has 135 valence electrons. The quantitative estimate of drug-likeness (QED) is 0.714. The highest BCUT2D eigenvalue weighted by atomic mass is 16.5. The van der Waals surface area contributed by atoms with E-state index in [9.17, 15) is 4.79 Å². The van der Waals surface area contributed by atoms with Crippen LogP contribution in [0.25, 0.3) is 10.9 Å². The second kappa shape index (κ2) is 8.14. The van der Waals surface area contributed by atoms with E-state index < -0.39 is 0 Å². The number of benzene rings is 2. The van der Waals surface area contributed by atoms with Crippen molar-refractivity contribution in [3.8, 4) is 17.6 Å². The summed E-state index contributed by atoms with van der Waals surface area (Å²) in [6.45, 7) is 0. The van der Waals surface area contributed by atoms with Crippen LogP contribution in [0.1, 0.15) is 5.56 Å². The summed E-state index contributed by atoms with van der Waals surface area (Å²) in [4.78, 5) is 17.2. The Morgan fingerprint density at radius 2 is 1.82 bits per heavy atom. The van der Waals surface area contributed by atoms with Crippen LogP contribution in [0.3, 0.4) is 0 Å². The molecular weight excluding hydrogens is 348 g/mol. The van der Waals surface area contributed by atoms with Gasteiger partial charge in [0.1, 0.15) is 5.75 Å². The highest BCUT2D eigenvalue weighted by Gasteiger charge is 2.34. The van der Waals surface area contributed by atoms with Gasteiger partial charge in [0, 0.05) is 17.1 Å². The van der Waals surface area contributed by atoms with Gasteiger partial charge in [-0.2, -0.15) is 0 Å². The van der Waals surface area contributed by atoms with E-state index in [4.69, 9.17) is 4.74 Å². The molecule has 1 amide bonds. The van der Waals surface area contributed by atoms with E-state index >= 15 is 0 Å². The largest absolute Gasteiger partial charge is 0.497 e. The molecule has 4 rings (SSSR count). The molecule has 4 nitrogen and oxygen atoms in total. The third-order valence-electron chi connectivity index (χ3n) is 4.37. The normalized spacial score (nSPS) is 14.5. The van der Waals surface area contributed by atoms with Crippen molar-refractivity contribution in [2.24, 2.45) is 0 Å². The van der Waals surface area contributed by atoms with E-state index in [-0.39, 0.29) is 5.91 Å². The van der Waals surface area contributed by atoms with E-state index in [1.54, 1.807) is 19.7 Å². The summed E-state index contributed by atoms with van der Waals surface area (Å²) in [6, 6.07) is 17.0. The molecule has 3 aromatic rings. The van der Waals surface area contributed by atoms with Crippen LogP contribution in [0.5, 0.6) is 5.75 Å². The molecule has 4 heteroatoms. The maximum Gasteiger partial charge on any atom is 0.233 e. The SMILES string of the molecule is COc1ccc(C#C[C]2[CH][CH][CH][C]2C(=O)Nc2cccc3cccnc23)cc1. The summed E-state index contributed by atoms with van der Waals surface area (Å²) in [7, 11) is 1.63. The first kappa shape index (κ1) is 18.1. The van der Waals surface area contributed by atoms with Crippen LogP contribution >= 0.6 is 0 Å². The van der Waals surface area contributed by atoms with Gasteiger partial charge in [0.05, 0.1) is 30.1 Å². The lowest BCUT2D eigenvalue weighted by atomic mass is 9.95. The molecular formula is C24H17N2O2. The maximum atomic E-state index is 12.8. The topological polar surface area (TPSA) is 51.2 Å². The molecule has 28 heavy (non-hydrogen) atoms. The number of ether oxygens (including phenoxy) is 1.